The van der Waals surface area contributed by atoms with Crippen LogP contribution in [0.15, 0.2) is 47.4 Å². The predicted molar refractivity (Wildman–Crippen MR) is 132 cm³/mol. The number of nitrogens with one attached hydrogen (secondary N) is 1. The van der Waals surface area contributed by atoms with E-state index in [2.05, 4.69) is 29.3 Å². The molecule has 0 saturated carbocycles. The summed E-state index contributed by atoms with van der Waals surface area (Å²) in [5, 5.41) is 2.93. The zero-order valence-electron chi connectivity index (χ0n) is 20.1. The molecule has 0 aromatic heterocycles. The Morgan fingerprint density at radius 3 is 2.44 bits per heavy atom. The van der Waals surface area contributed by atoms with Gasteiger partial charge in [-0.15, -0.1) is 0 Å². The van der Waals surface area contributed by atoms with Gasteiger partial charge in [-0.05, 0) is 74.0 Å². The minimum Gasteiger partial charge on any atom is -0.496 e. The number of piperidine rings is 1. The lowest BCUT2D eigenvalue weighted by molar-refractivity contribution is 0.0947. The van der Waals surface area contributed by atoms with Crippen molar-refractivity contribution in [1.82, 2.24) is 14.5 Å². The molecule has 2 aromatic carbocycles. The number of sulfonamides is 1. The zero-order valence-corrected chi connectivity index (χ0v) is 20.9. The fourth-order valence-electron chi connectivity index (χ4n) is 4.71. The second kappa shape index (κ2) is 10.9. The van der Waals surface area contributed by atoms with E-state index in [9.17, 15) is 13.2 Å². The summed E-state index contributed by atoms with van der Waals surface area (Å²) in [7, 11) is -2.18. The van der Waals surface area contributed by atoms with Crippen molar-refractivity contribution in [2.75, 3.05) is 33.3 Å². The number of benzene rings is 2. The fourth-order valence-corrected chi connectivity index (χ4v) is 6.21. The fraction of sp³-hybridized carbons (Fsp3) is 0.500. The Labute approximate surface area is 203 Å². The van der Waals surface area contributed by atoms with E-state index in [1.807, 2.05) is 12.1 Å². The minimum atomic E-state index is -3.66. The molecule has 1 amide bonds. The van der Waals surface area contributed by atoms with Gasteiger partial charge in [-0.1, -0.05) is 31.2 Å². The Hall–Kier alpha value is -2.42. The molecular weight excluding hydrogens is 450 g/mol. The van der Waals surface area contributed by atoms with Crippen molar-refractivity contribution in [1.29, 1.82) is 0 Å². The SMILES string of the molecule is COc1ccc(S(=O)(=O)N2CCC(C)CC2)cc1C(=O)NCc1cccc(CN2CCCC2)c1. The summed E-state index contributed by atoms with van der Waals surface area (Å²) in [5.41, 5.74) is 2.47. The molecule has 184 valence electrons. The van der Waals surface area contributed by atoms with Gasteiger partial charge in [0.05, 0.1) is 17.6 Å². The van der Waals surface area contributed by atoms with E-state index in [0.29, 0.717) is 31.3 Å². The third-order valence-electron chi connectivity index (χ3n) is 6.85. The maximum absolute atomic E-state index is 13.2. The van der Waals surface area contributed by atoms with Crippen LogP contribution in [0, 0.1) is 5.92 Å². The van der Waals surface area contributed by atoms with Crippen LogP contribution in [0.2, 0.25) is 0 Å². The highest BCUT2D eigenvalue weighted by Gasteiger charge is 2.29. The van der Waals surface area contributed by atoms with Crippen LogP contribution in [0.1, 0.15) is 54.1 Å². The summed E-state index contributed by atoms with van der Waals surface area (Å²) >= 11 is 0. The maximum Gasteiger partial charge on any atom is 0.255 e. The van der Waals surface area contributed by atoms with E-state index in [1.54, 1.807) is 6.07 Å². The molecule has 0 bridgehead atoms. The Bertz CT molecular complexity index is 1100. The van der Waals surface area contributed by atoms with Crippen LogP contribution in [0.4, 0.5) is 0 Å². The molecular formula is C26H35N3O4S. The Kier molecular flexibility index (Phi) is 7.91. The van der Waals surface area contributed by atoms with Crippen LogP contribution in [-0.4, -0.2) is 56.8 Å². The van der Waals surface area contributed by atoms with Crippen LogP contribution < -0.4 is 10.1 Å². The summed E-state index contributed by atoms with van der Waals surface area (Å²) in [6.45, 7) is 6.70. The predicted octanol–water partition coefficient (Wildman–Crippen LogP) is 3.64. The largest absolute Gasteiger partial charge is 0.496 e. The molecule has 2 fully saturated rings. The Morgan fingerprint density at radius 2 is 1.74 bits per heavy atom. The second-order valence-corrected chi connectivity index (χ2v) is 11.4. The van der Waals surface area contributed by atoms with E-state index >= 15 is 0 Å². The van der Waals surface area contributed by atoms with Gasteiger partial charge >= 0.3 is 0 Å². The van der Waals surface area contributed by atoms with E-state index < -0.39 is 10.0 Å². The highest BCUT2D eigenvalue weighted by atomic mass is 32.2. The molecule has 0 unspecified atom stereocenters. The highest BCUT2D eigenvalue weighted by molar-refractivity contribution is 7.89. The van der Waals surface area contributed by atoms with E-state index in [1.165, 1.54) is 42.0 Å². The number of methoxy groups -OCH3 is 1. The van der Waals surface area contributed by atoms with E-state index in [-0.39, 0.29) is 16.4 Å². The topological polar surface area (TPSA) is 79.0 Å². The van der Waals surface area contributed by atoms with Gasteiger partial charge in [-0.3, -0.25) is 9.69 Å². The van der Waals surface area contributed by atoms with Gasteiger partial charge in [0.2, 0.25) is 10.0 Å². The van der Waals surface area contributed by atoms with Crippen molar-refractivity contribution in [3.8, 4) is 5.75 Å². The minimum absolute atomic E-state index is 0.126. The molecule has 34 heavy (non-hydrogen) atoms. The molecule has 2 saturated heterocycles. The lowest BCUT2D eigenvalue weighted by Crippen LogP contribution is -2.38. The van der Waals surface area contributed by atoms with Crippen molar-refractivity contribution in [3.05, 3.63) is 59.2 Å². The van der Waals surface area contributed by atoms with Gasteiger partial charge in [0.15, 0.2) is 0 Å². The number of ether oxygens (including phenoxy) is 1. The van der Waals surface area contributed by atoms with Crippen LogP contribution in [0.5, 0.6) is 5.75 Å². The van der Waals surface area contributed by atoms with Gasteiger partial charge in [0, 0.05) is 26.2 Å². The number of nitrogens with zero attached hydrogens (tertiary/aromatic N) is 2. The lowest BCUT2D eigenvalue weighted by atomic mass is 10.0. The molecule has 2 aromatic rings. The van der Waals surface area contributed by atoms with E-state index in [4.69, 9.17) is 4.74 Å². The van der Waals surface area contributed by atoms with Crippen molar-refractivity contribution in [3.63, 3.8) is 0 Å². The summed E-state index contributed by atoms with van der Waals surface area (Å²) in [5.74, 6) is 0.523. The number of carbonyl (C=O) groups excluding carboxylic acids is 1. The zero-order chi connectivity index (χ0) is 24.1. The Morgan fingerprint density at radius 1 is 1.03 bits per heavy atom. The Balaban J connectivity index is 1.46. The summed E-state index contributed by atoms with van der Waals surface area (Å²) in [6.07, 6.45) is 4.20. The monoisotopic (exact) mass is 485 g/mol. The number of rotatable bonds is 8. The molecule has 1 N–H and O–H groups in total. The molecule has 2 aliphatic heterocycles. The average Bonchev–Trinajstić information content (AvgIpc) is 3.35. The second-order valence-electron chi connectivity index (χ2n) is 9.43. The average molecular weight is 486 g/mol. The van der Waals surface area contributed by atoms with Crippen molar-refractivity contribution >= 4 is 15.9 Å². The number of amides is 1. The lowest BCUT2D eigenvalue weighted by Gasteiger charge is -2.29. The van der Waals surface area contributed by atoms with Crippen LogP contribution >= 0.6 is 0 Å². The van der Waals surface area contributed by atoms with Crippen LogP contribution in [-0.2, 0) is 23.1 Å². The first kappa shape index (κ1) is 24.7. The molecule has 0 atom stereocenters. The summed E-state index contributed by atoms with van der Waals surface area (Å²) in [4.78, 5) is 15.6. The number of likely N-dealkylation sites (tertiary alicyclic amines) is 1. The van der Waals surface area contributed by atoms with Gasteiger partial charge in [-0.25, -0.2) is 8.42 Å². The maximum atomic E-state index is 13.2. The van der Waals surface area contributed by atoms with Crippen LogP contribution in [0.25, 0.3) is 0 Å². The third kappa shape index (κ3) is 5.79. The molecule has 7 nitrogen and oxygen atoms in total. The van der Waals surface area contributed by atoms with Gasteiger partial charge in [0.25, 0.3) is 5.91 Å². The first-order chi connectivity index (χ1) is 16.4. The molecule has 2 heterocycles. The molecule has 0 spiro atoms. The normalized spacial score (nSPS) is 18.2. The number of hydrogen-bond donors (Lipinski definition) is 1. The van der Waals surface area contributed by atoms with E-state index in [0.717, 1.165) is 38.0 Å². The third-order valence-corrected chi connectivity index (χ3v) is 8.74. The highest BCUT2D eigenvalue weighted by Crippen LogP contribution is 2.27. The van der Waals surface area contributed by atoms with Crippen LogP contribution in [0.3, 0.4) is 0 Å². The summed E-state index contributed by atoms with van der Waals surface area (Å²) < 4.78 is 33.2. The van der Waals surface area contributed by atoms with Gasteiger partial charge in [0.1, 0.15) is 5.75 Å². The van der Waals surface area contributed by atoms with Crippen molar-refractivity contribution in [2.45, 2.75) is 50.6 Å². The number of carbonyl (C=O) groups is 1. The molecule has 4 rings (SSSR count). The molecule has 8 heteroatoms. The molecule has 2 aliphatic rings. The molecule has 0 aliphatic carbocycles. The summed E-state index contributed by atoms with van der Waals surface area (Å²) in [6, 6.07) is 12.8. The number of hydrogen-bond acceptors (Lipinski definition) is 5. The first-order valence-corrected chi connectivity index (χ1v) is 13.6. The molecule has 0 radical (unpaired) electrons. The van der Waals surface area contributed by atoms with Crippen molar-refractivity contribution < 1.29 is 17.9 Å². The first-order valence-electron chi connectivity index (χ1n) is 12.1. The van der Waals surface area contributed by atoms with Crippen molar-refractivity contribution in [2.24, 2.45) is 5.92 Å². The van der Waals surface area contributed by atoms with Gasteiger partial charge in [-0.2, -0.15) is 4.31 Å². The van der Waals surface area contributed by atoms with Gasteiger partial charge < -0.3 is 10.1 Å². The smallest absolute Gasteiger partial charge is 0.255 e. The quantitative estimate of drug-likeness (QED) is 0.618. The standard InChI is InChI=1S/C26H35N3O4S/c1-20-10-14-29(15-11-20)34(31,32)23-8-9-25(33-2)24(17-23)26(30)27-18-21-6-5-7-22(16-21)19-28-12-3-4-13-28/h5-9,16-17,20H,3-4,10-15,18-19H2,1-2H3,(H,27,30).